The minimum Gasteiger partial charge on any atom is -0.286 e. The molecule has 2 N–H and O–H groups in total. The Hall–Kier alpha value is -0.180. The lowest BCUT2D eigenvalue weighted by molar-refractivity contribution is -0.0128. The third kappa shape index (κ3) is 6.20. The zero-order chi connectivity index (χ0) is 22.3. The highest BCUT2D eigenvalue weighted by atomic mass is 32.2. The second-order valence-electron chi connectivity index (χ2n) is 11.4. The first-order valence-electron chi connectivity index (χ1n) is 11.7. The molecule has 3 aliphatic rings. The largest absolute Gasteiger partial charge is 0.286 e. The van der Waals surface area contributed by atoms with Gasteiger partial charge in [0.2, 0.25) is 0 Å². The van der Waals surface area contributed by atoms with Crippen molar-refractivity contribution < 1.29 is 25.9 Å². The highest BCUT2D eigenvalue weighted by molar-refractivity contribution is 7.86. The molecule has 0 aromatic heterocycles. The van der Waals surface area contributed by atoms with E-state index in [2.05, 4.69) is 20.8 Å². The zero-order valence-electron chi connectivity index (χ0n) is 18.7. The average Bonchev–Trinajstić information content (AvgIpc) is 2.59. The lowest BCUT2D eigenvalue weighted by atomic mass is 9.54. The highest BCUT2D eigenvalue weighted by Crippen LogP contribution is 2.55. The van der Waals surface area contributed by atoms with Crippen molar-refractivity contribution in [2.75, 3.05) is 5.75 Å². The van der Waals surface area contributed by atoms with Gasteiger partial charge in [-0.05, 0) is 105 Å². The molecule has 0 aromatic carbocycles. The summed E-state index contributed by atoms with van der Waals surface area (Å²) >= 11 is 0. The van der Waals surface area contributed by atoms with Gasteiger partial charge in [-0.3, -0.25) is 9.11 Å². The van der Waals surface area contributed by atoms with E-state index in [1.165, 1.54) is 12.8 Å². The van der Waals surface area contributed by atoms with Gasteiger partial charge in [0, 0.05) is 0 Å². The molecule has 0 aromatic rings. The molecule has 0 radical (unpaired) electrons. The molecular formula is C22H40O6S2. The van der Waals surface area contributed by atoms with E-state index in [-0.39, 0.29) is 11.2 Å². The van der Waals surface area contributed by atoms with Gasteiger partial charge in [0.05, 0.1) is 11.0 Å². The number of hydrogen-bond donors (Lipinski definition) is 2. The van der Waals surface area contributed by atoms with E-state index < -0.39 is 25.5 Å². The third-order valence-electron chi connectivity index (χ3n) is 8.64. The zero-order valence-corrected chi connectivity index (χ0v) is 20.3. The van der Waals surface area contributed by atoms with Crippen LogP contribution in [0.2, 0.25) is 0 Å². The average molecular weight is 465 g/mol. The summed E-state index contributed by atoms with van der Waals surface area (Å²) < 4.78 is 63.8. The van der Waals surface area contributed by atoms with Gasteiger partial charge in [-0.2, -0.15) is 16.8 Å². The minimum absolute atomic E-state index is 0.125. The van der Waals surface area contributed by atoms with Gasteiger partial charge in [0.25, 0.3) is 20.2 Å². The van der Waals surface area contributed by atoms with Crippen molar-refractivity contribution in [1.82, 2.24) is 0 Å². The first-order chi connectivity index (χ1) is 13.7. The monoisotopic (exact) mass is 464 g/mol. The quantitative estimate of drug-likeness (QED) is 0.523. The van der Waals surface area contributed by atoms with Gasteiger partial charge >= 0.3 is 0 Å². The molecule has 0 aliphatic heterocycles. The maximum atomic E-state index is 11.5. The fourth-order valence-electron chi connectivity index (χ4n) is 7.16. The van der Waals surface area contributed by atoms with Gasteiger partial charge in [0.1, 0.15) is 0 Å². The van der Waals surface area contributed by atoms with Gasteiger partial charge < -0.3 is 0 Å². The number of hydrogen-bond acceptors (Lipinski definition) is 4. The van der Waals surface area contributed by atoms with Crippen molar-refractivity contribution in [3.05, 3.63) is 0 Å². The van der Waals surface area contributed by atoms with E-state index in [4.69, 9.17) is 4.55 Å². The van der Waals surface area contributed by atoms with Crippen molar-refractivity contribution in [3.8, 4) is 0 Å². The van der Waals surface area contributed by atoms with Crippen LogP contribution in [-0.4, -0.2) is 36.9 Å². The molecule has 3 saturated carbocycles. The Kier molecular flexibility index (Phi) is 7.33. The van der Waals surface area contributed by atoms with Crippen LogP contribution in [0.4, 0.5) is 0 Å². The fourth-order valence-corrected chi connectivity index (χ4v) is 8.66. The Morgan fingerprint density at radius 3 is 1.87 bits per heavy atom. The molecule has 3 rings (SSSR count). The molecule has 3 aliphatic carbocycles. The van der Waals surface area contributed by atoms with Crippen LogP contribution in [-0.2, 0) is 20.2 Å². The second kappa shape index (κ2) is 8.99. The Labute approximate surface area is 183 Å². The lowest BCUT2D eigenvalue weighted by Gasteiger charge is -2.52. The summed E-state index contributed by atoms with van der Waals surface area (Å²) in [4.78, 5) is 0. The predicted octanol–water partition coefficient (Wildman–Crippen LogP) is 4.82. The normalized spacial score (nSPS) is 38.4. The fraction of sp³-hybridized carbons (Fsp3) is 1.00. The van der Waals surface area contributed by atoms with Crippen molar-refractivity contribution in [2.24, 2.45) is 40.9 Å². The maximum absolute atomic E-state index is 11.5. The van der Waals surface area contributed by atoms with Crippen LogP contribution in [0, 0.1) is 40.9 Å². The minimum atomic E-state index is -3.92. The summed E-state index contributed by atoms with van der Waals surface area (Å²) in [5, 5.41) is -0.594. The standard InChI is InChI=1S/C22H40O6S2/c1-15-10-17-12-16(8-9-29(23,24)25)13-18(11-15)21(17)14-22(2,3)19-4-6-20(7-5-19)30(26,27)28/h15-21H,4-14H2,1-3H3,(H,23,24,25)(H,26,27,28). The van der Waals surface area contributed by atoms with E-state index in [1.807, 2.05) is 0 Å². The van der Waals surface area contributed by atoms with Gasteiger partial charge in [-0.15, -0.1) is 0 Å². The molecule has 2 bridgehead atoms. The lowest BCUT2D eigenvalue weighted by Crippen LogP contribution is -2.43. The van der Waals surface area contributed by atoms with Crippen LogP contribution in [0.3, 0.4) is 0 Å². The van der Waals surface area contributed by atoms with Crippen LogP contribution >= 0.6 is 0 Å². The second-order valence-corrected chi connectivity index (χ2v) is 14.6. The molecule has 6 nitrogen and oxygen atoms in total. The van der Waals surface area contributed by atoms with E-state index >= 15 is 0 Å². The Morgan fingerprint density at radius 1 is 0.867 bits per heavy atom. The summed E-state index contributed by atoms with van der Waals surface area (Å²) in [5.41, 5.74) is 0.132. The van der Waals surface area contributed by atoms with E-state index in [0.29, 0.717) is 54.8 Å². The van der Waals surface area contributed by atoms with E-state index in [9.17, 15) is 21.4 Å². The summed E-state index contributed by atoms with van der Waals surface area (Å²) in [5.74, 6) is 3.34. The summed E-state index contributed by atoms with van der Waals surface area (Å²) in [6.45, 7) is 6.99. The Bertz CT molecular complexity index is 779. The summed E-state index contributed by atoms with van der Waals surface area (Å²) in [6, 6.07) is 0. The molecule has 0 saturated heterocycles. The summed E-state index contributed by atoms with van der Waals surface area (Å²) in [7, 11) is -7.81. The molecule has 176 valence electrons. The smallest absolute Gasteiger partial charge is 0.267 e. The molecular weight excluding hydrogens is 424 g/mol. The SMILES string of the molecule is CC1CC2CC(CCS(=O)(=O)O)CC(C1)C2CC(C)(C)C1CCC(S(=O)(=O)O)CC1. The molecule has 0 spiro atoms. The van der Waals surface area contributed by atoms with Crippen molar-refractivity contribution in [1.29, 1.82) is 0 Å². The molecule has 0 amide bonds. The van der Waals surface area contributed by atoms with E-state index in [0.717, 1.165) is 32.1 Å². The predicted molar refractivity (Wildman–Crippen MR) is 118 cm³/mol. The molecule has 2 unspecified atom stereocenters. The first kappa shape index (κ1) is 24.5. The molecule has 2 atom stereocenters. The van der Waals surface area contributed by atoms with Crippen LogP contribution < -0.4 is 0 Å². The summed E-state index contributed by atoms with van der Waals surface area (Å²) in [6.07, 6.45) is 9.05. The van der Waals surface area contributed by atoms with E-state index in [1.54, 1.807) is 0 Å². The van der Waals surface area contributed by atoms with Crippen LogP contribution in [0.15, 0.2) is 0 Å². The molecule has 3 fully saturated rings. The Morgan fingerprint density at radius 2 is 1.40 bits per heavy atom. The van der Waals surface area contributed by atoms with Crippen LogP contribution in [0.1, 0.15) is 85.0 Å². The van der Waals surface area contributed by atoms with Crippen molar-refractivity contribution in [2.45, 2.75) is 90.2 Å². The van der Waals surface area contributed by atoms with Crippen LogP contribution in [0.5, 0.6) is 0 Å². The first-order valence-corrected chi connectivity index (χ1v) is 14.8. The van der Waals surface area contributed by atoms with Gasteiger partial charge in [-0.25, -0.2) is 0 Å². The maximum Gasteiger partial charge on any atom is 0.267 e. The van der Waals surface area contributed by atoms with Crippen molar-refractivity contribution in [3.63, 3.8) is 0 Å². The Balaban J connectivity index is 1.62. The topological polar surface area (TPSA) is 109 Å². The van der Waals surface area contributed by atoms with Crippen molar-refractivity contribution >= 4 is 20.2 Å². The molecule has 0 heterocycles. The number of rotatable bonds is 7. The number of fused-ring (bicyclic) bond motifs is 2. The van der Waals surface area contributed by atoms with Gasteiger partial charge in [0.15, 0.2) is 0 Å². The highest BCUT2D eigenvalue weighted by Gasteiger charge is 2.46. The molecule has 8 heteroatoms. The van der Waals surface area contributed by atoms with Crippen LogP contribution in [0.25, 0.3) is 0 Å². The molecule has 30 heavy (non-hydrogen) atoms. The van der Waals surface area contributed by atoms with Gasteiger partial charge in [-0.1, -0.05) is 20.8 Å². The third-order valence-corrected chi connectivity index (χ3v) is 10.7.